The highest BCUT2D eigenvalue weighted by molar-refractivity contribution is 7.92. The highest BCUT2D eigenvalue weighted by Crippen LogP contribution is 2.34. The lowest BCUT2D eigenvalue weighted by Gasteiger charge is -2.26. The van der Waals surface area contributed by atoms with Gasteiger partial charge in [-0.2, -0.15) is 0 Å². The molecule has 0 spiro atoms. The number of hydrogen-bond donors (Lipinski definition) is 1. The van der Waals surface area contributed by atoms with Crippen molar-refractivity contribution in [3.63, 3.8) is 0 Å². The largest absolute Gasteiger partial charge is 0.399 e. The lowest BCUT2D eigenvalue weighted by Crippen LogP contribution is -2.28. The van der Waals surface area contributed by atoms with E-state index in [2.05, 4.69) is 0 Å². The second-order valence-corrected chi connectivity index (χ2v) is 7.42. The van der Waals surface area contributed by atoms with Crippen LogP contribution in [0.4, 0.5) is 14.5 Å². The zero-order valence-electron chi connectivity index (χ0n) is 10.7. The van der Waals surface area contributed by atoms with E-state index in [0.29, 0.717) is 12.8 Å². The van der Waals surface area contributed by atoms with Crippen molar-refractivity contribution < 1.29 is 17.2 Å². The summed E-state index contributed by atoms with van der Waals surface area (Å²) < 4.78 is 52.2. The summed E-state index contributed by atoms with van der Waals surface area (Å²) in [6, 6.07) is 1.70. The van der Waals surface area contributed by atoms with Gasteiger partial charge in [0.2, 0.25) is 0 Å². The van der Waals surface area contributed by atoms with Crippen molar-refractivity contribution in [1.82, 2.24) is 0 Å². The number of rotatable bonds is 2. The molecule has 1 aliphatic carbocycles. The van der Waals surface area contributed by atoms with E-state index in [-0.39, 0.29) is 11.6 Å². The minimum absolute atomic E-state index is 0.119. The minimum atomic E-state index is -3.98. The average Bonchev–Trinajstić information content (AvgIpc) is 2.26. The van der Waals surface area contributed by atoms with E-state index in [0.717, 1.165) is 25.0 Å². The summed E-state index contributed by atoms with van der Waals surface area (Å²) in [5.74, 6) is -1.94. The molecule has 0 bridgehead atoms. The van der Waals surface area contributed by atoms with Crippen LogP contribution in [0.5, 0.6) is 0 Å². The Morgan fingerprint density at radius 1 is 1.21 bits per heavy atom. The van der Waals surface area contributed by atoms with Gasteiger partial charge >= 0.3 is 0 Å². The summed E-state index contributed by atoms with van der Waals surface area (Å²) in [4.78, 5) is -0.833. The third kappa shape index (κ3) is 2.73. The Hall–Kier alpha value is -1.17. The third-order valence-corrected chi connectivity index (χ3v) is 5.90. The number of nitrogens with two attached hydrogens (primary N) is 1. The van der Waals surface area contributed by atoms with Gasteiger partial charge in [0, 0.05) is 5.69 Å². The molecule has 106 valence electrons. The van der Waals surface area contributed by atoms with E-state index < -0.39 is 31.6 Å². The second-order valence-electron chi connectivity index (χ2n) is 5.25. The zero-order valence-corrected chi connectivity index (χ0v) is 11.5. The van der Waals surface area contributed by atoms with E-state index in [9.17, 15) is 17.2 Å². The van der Waals surface area contributed by atoms with Gasteiger partial charge in [-0.25, -0.2) is 17.2 Å². The lowest BCUT2D eigenvalue weighted by molar-refractivity contribution is 0.380. The van der Waals surface area contributed by atoms with Gasteiger partial charge in [-0.05, 0) is 30.9 Å². The number of benzene rings is 1. The standard InChI is InChI=1S/C13H17F2NO2S/c1-8-3-2-4-10(5-8)19(17,18)13-11(14)6-9(16)7-12(13)15/h6-8,10H,2-5,16H2,1H3. The van der Waals surface area contributed by atoms with Crippen molar-refractivity contribution in [2.24, 2.45) is 5.92 Å². The fourth-order valence-electron chi connectivity index (χ4n) is 2.68. The van der Waals surface area contributed by atoms with Gasteiger partial charge in [0.15, 0.2) is 9.84 Å². The first-order chi connectivity index (χ1) is 8.82. The van der Waals surface area contributed by atoms with Gasteiger partial charge in [-0.15, -0.1) is 0 Å². The predicted octanol–water partition coefficient (Wildman–Crippen LogP) is 2.90. The maximum absolute atomic E-state index is 13.8. The van der Waals surface area contributed by atoms with Crippen molar-refractivity contribution in [2.75, 3.05) is 5.73 Å². The molecule has 1 fully saturated rings. The van der Waals surface area contributed by atoms with Crippen LogP contribution in [0.2, 0.25) is 0 Å². The highest BCUT2D eigenvalue weighted by atomic mass is 32.2. The molecule has 2 rings (SSSR count). The van der Waals surface area contributed by atoms with Crippen molar-refractivity contribution in [1.29, 1.82) is 0 Å². The Bertz CT molecular complexity index is 563. The molecule has 0 radical (unpaired) electrons. The normalized spacial score (nSPS) is 24.4. The molecule has 0 aliphatic heterocycles. The van der Waals surface area contributed by atoms with Crippen molar-refractivity contribution in [2.45, 2.75) is 42.8 Å². The Morgan fingerprint density at radius 2 is 1.79 bits per heavy atom. The first kappa shape index (κ1) is 14.2. The number of sulfone groups is 1. The van der Waals surface area contributed by atoms with Crippen molar-refractivity contribution >= 4 is 15.5 Å². The molecule has 2 atom stereocenters. The molecule has 0 saturated heterocycles. The van der Waals surface area contributed by atoms with Crippen LogP contribution in [0.3, 0.4) is 0 Å². The van der Waals surface area contributed by atoms with E-state index in [4.69, 9.17) is 5.73 Å². The SMILES string of the molecule is CC1CCCC(S(=O)(=O)c2c(F)cc(N)cc2F)C1. The Labute approximate surface area is 111 Å². The fraction of sp³-hybridized carbons (Fsp3) is 0.538. The maximum Gasteiger partial charge on any atom is 0.187 e. The molecule has 19 heavy (non-hydrogen) atoms. The van der Waals surface area contributed by atoms with E-state index in [1.54, 1.807) is 0 Å². The molecule has 1 aliphatic rings. The fourth-order valence-corrected chi connectivity index (χ4v) is 4.73. The third-order valence-electron chi connectivity index (χ3n) is 3.63. The lowest BCUT2D eigenvalue weighted by atomic mass is 9.91. The summed E-state index contributed by atoms with van der Waals surface area (Å²) in [6.07, 6.45) is 2.63. The van der Waals surface area contributed by atoms with E-state index in [1.165, 1.54) is 0 Å². The minimum Gasteiger partial charge on any atom is -0.399 e. The van der Waals surface area contributed by atoms with Gasteiger partial charge in [0.25, 0.3) is 0 Å². The van der Waals surface area contributed by atoms with Crippen LogP contribution < -0.4 is 5.73 Å². The number of anilines is 1. The Morgan fingerprint density at radius 3 is 2.32 bits per heavy atom. The van der Waals surface area contributed by atoms with Crippen LogP contribution in [-0.4, -0.2) is 13.7 Å². The van der Waals surface area contributed by atoms with Crippen molar-refractivity contribution in [3.05, 3.63) is 23.8 Å². The summed E-state index contributed by atoms with van der Waals surface area (Å²) in [5.41, 5.74) is 5.18. The molecule has 0 heterocycles. The maximum atomic E-state index is 13.8. The quantitative estimate of drug-likeness (QED) is 0.852. The van der Waals surface area contributed by atoms with Gasteiger partial charge in [0.05, 0.1) is 5.25 Å². The second kappa shape index (κ2) is 5.07. The molecule has 0 amide bonds. The number of halogens is 2. The molecule has 1 aromatic carbocycles. The molecule has 1 saturated carbocycles. The zero-order chi connectivity index (χ0) is 14.2. The van der Waals surface area contributed by atoms with Crippen molar-refractivity contribution in [3.8, 4) is 0 Å². The first-order valence-corrected chi connectivity index (χ1v) is 7.85. The molecule has 0 aromatic heterocycles. The molecule has 1 aromatic rings. The van der Waals surface area contributed by atoms with Crippen LogP contribution >= 0.6 is 0 Å². The molecular formula is C13H17F2NO2S. The molecule has 3 nitrogen and oxygen atoms in total. The molecular weight excluding hydrogens is 272 g/mol. The van der Waals surface area contributed by atoms with Crippen LogP contribution in [0.25, 0.3) is 0 Å². The Balaban J connectivity index is 2.45. The summed E-state index contributed by atoms with van der Waals surface area (Å²) >= 11 is 0. The monoisotopic (exact) mass is 289 g/mol. The first-order valence-electron chi connectivity index (χ1n) is 6.30. The predicted molar refractivity (Wildman–Crippen MR) is 69.4 cm³/mol. The van der Waals surface area contributed by atoms with Crippen LogP contribution in [0.1, 0.15) is 32.6 Å². The summed E-state index contributed by atoms with van der Waals surface area (Å²) in [6.45, 7) is 1.96. The smallest absolute Gasteiger partial charge is 0.187 e. The molecule has 2 N–H and O–H groups in total. The topological polar surface area (TPSA) is 60.2 Å². The summed E-state index contributed by atoms with van der Waals surface area (Å²) in [7, 11) is -3.98. The van der Waals surface area contributed by atoms with Gasteiger partial charge in [-0.3, -0.25) is 0 Å². The van der Waals surface area contributed by atoms with Crippen LogP contribution in [0.15, 0.2) is 17.0 Å². The highest BCUT2D eigenvalue weighted by Gasteiger charge is 2.35. The molecule has 6 heteroatoms. The van der Waals surface area contributed by atoms with Crippen LogP contribution in [0, 0.1) is 17.6 Å². The average molecular weight is 289 g/mol. The van der Waals surface area contributed by atoms with Gasteiger partial charge < -0.3 is 5.73 Å². The number of hydrogen-bond acceptors (Lipinski definition) is 3. The Kier molecular flexibility index (Phi) is 3.80. The van der Waals surface area contributed by atoms with E-state index in [1.807, 2.05) is 6.92 Å². The molecule has 2 unspecified atom stereocenters. The summed E-state index contributed by atoms with van der Waals surface area (Å²) in [5, 5.41) is -0.705. The van der Waals surface area contributed by atoms with Gasteiger partial charge in [-0.1, -0.05) is 19.8 Å². The van der Waals surface area contributed by atoms with Crippen LogP contribution in [-0.2, 0) is 9.84 Å². The number of nitrogen functional groups attached to an aromatic ring is 1. The van der Waals surface area contributed by atoms with E-state index >= 15 is 0 Å². The van der Waals surface area contributed by atoms with Gasteiger partial charge in [0.1, 0.15) is 16.5 Å².